The van der Waals surface area contributed by atoms with E-state index in [1.54, 1.807) is 0 Å². The number of hydrogen-bond acceptors (Lipinski definition) is 5. The molecule has 1 aliphatic carbocycles. The van der Waals surface area contributed by atoms with Crippen LogP contribution in [0.15, 0.2) is 6.07 Å². The molecule has 1 aromatic rings. The van der Waals surface area contributed by atoms with Gasteiger partial charge in [0.2, 0.25) is 5.91 Å². The van der Waals surface area contributed by atoms with Gasteiger partial charge in [0.05, 0.1) is 17.7 Å². The Bertz CT molecular complexity index is 643. The van der Waals surface area contributed by atoms with Crippen LogP contribution < -0.4 is 4.90 Å². The molecule has 0 saturated carbocycles. The Balaban J connectivity index is 1.34. The van der Waals surface area contributed by atoms with Crippen molar-refractivity contribution in [2.75, 3.05) is 45.2 Å². The van der Waals surface area contributed by atoms with Gasteiger partial charge in [-0.3, -0.25) is 4.79 Å². The molecule has 6 heteroatoms. The van der Waals surface area contributed by atoms with Crippen LogP contribution in [0.4, 0.5) is 5.82 Å². The summed E-state index contributed by atoms with van der Waals surface area (Å²) in [7, 11) is 4.08. The molecule has 1 atom stereocenters. The summed E-state index contributed by atoms with van der Waals surface area (Å²) in [5.74, 6) is 1.46. The van der Waals surface area contributed by atoms with Gasteiger partial charge in [0.15, 0.2) is 5.82 Å². The number of carbonyl (C=O) groups excluding carboxylic acids is 1. The molecule has 3 aliphatic rings. The van der Waals surface area contributed by atoms with Crippen LogP contribution in [0.25, 0.3) is 0 Å². The standard InChI is InChI=1S/C19H29N5O/c1-22-9-5-7-15(11-22)19(25)23(2)16-12-24(13-16)18-10-14-6-3-4-8-17(14)20-21-18/h10,15-16H,3-9,11-13H2,1-2H3. The molecule has 1 unspecified atom stereocenters. The van der Waals surface area contributed by atoms with Gasteiger partial charge in [-0.1, -0.05) is 0 Å². The van der Waals surface area contributed by atoms with Gasteiger partial charge in [0.1, 0.15) is 0 Å². The second-order valence-electron chi connectivity index (χ2n) is 7.99. The number of nitrogens with zero attached hydrogens (tertiary/aromatic N) is 5. The van der Waals surface area contributed by atoms with Gasteiger partial charge in [-0.15, -0.1) is 5.10 Å². The monoisotopic (exact) mass is 343 g/mol. The Morgan fingerprint density at radius 1 is 1.16 bits per heavy atom. The van der Waals surface area contributed by atoms with Gasteiger partial charge >= 0.3 is 0 Å². The lowest BCUT2D eigenvalue weighted by Gasteiger charge is -2.46. The van der Waals surface area contributed by atoms with Crippen molar-refractivity contribution < 1.29 is 4.79 Å². The van der Waals surface area contributed by atoms with E-state index in [0.717, 1.165) is 57.7 Å². The van der Waals surface area contributed by atoms with Crippen molar-refractivity contribution in [2.45, 2.75) is 44.6 Å². The predicted octanol–water partition coefficient (Wildman–Crippen LogP) is 1.34. The molecule has 136 valence electrons. The maximum atomic E-state index is 12.8. The molecule has 2 saturated heterocycles. The van der Waals surface area contributed by atoms with E-state index in [4.69, 9.17) is 0 Å². The summed E-state index contributed by atoms with van der Waals surface area (Å²) in [4.78, 5) is 19.3. The van der Waals surface area contributed by atoms with Crippen LogP contribution >= 0.6 is 0 Å². The highest BCUT2D eigenvalue weighted by Crippen LogP contribution is 2.27. The third kappa shape index (κ3) is 3.36. The third-order valence-electron chi connectivity index (χ3n) is 6.11. The Kier molecular flexibility index (Phi) is 4.63. The van der Waals surface area contributed by atoms with Gasteiger partial charge in [-0.25, -0.2) is 0 Å². The zero-order valence-corrected chi connectivity index (χ0v) is 15.4. The van der Waals surface area contributed by atoms with Crippen molar-refractivity contribution in [3.8, 4) is 0 Å². The van der Waals surface area contributed by atoms with Crippen molar-refractivity contribution in [1.29, 1.82) is 0 Å². The van der Waals surface area contributed by atoms with Gasteiger partial charge in [0.25, 0.3) is 0 Å². The van der Waals surface area contributed by atoms with E-state index in [2.05, 4.69) is 33.1 Å². The zero-order chi connectivity index (χ0) is 17.4. The highest BCUT2D eigenvalue weighted by Gasteiger charge is 2.36. The lowest BCUT2D eigenvalue weighted by molar-refractivity contribution is -0.138. The van der Waals surface area contributed by atoms with Gasteiger partial charge in [0, 0.05) is 26.7 Å². The fourth-order valence-corrected chi connectivity index (χ4v) is 4.36. The molecule has 0 N–H and O–H groups in total. The van der Waals surface area contributed by atoms with Crippen molar-refractivity contribution in [2.24, 2.45) is 5.92 Å². The number of likely N-dealkylation sites (tertiary alicyclic amines) is 1. The minimum absolute atomic E-state index is 0.168. The van der Waals surface area contributed by atoms with Gasteiger partial charge in [-0.05, 0) is 63.7 Å². The Hall–Kier alpha value is -1.69. The first-order chi connectivity index (χ1) is 12.1. The third-order valence-corrected chi connectivity index (χ3v) is 6.11. The van der Waals surface area contributed by atoms with Crippen LogP contribution in [-0.2, 0) is 17.6 Å². The molecule has 0 radical (unpaired) electrons. The lowest BCUT2D eigenvalue weighted by Crippen LogP contribution is -2.61. The summed E-state index contributed by atoms with van der Waals surface area (Å²) in [6.45, 7) is 3.76. The molecule has 2 fully saturated rings. The van der Waals surface area contributed by atoms with Crippen molar-refractivity contribution in [1.82, 2.24) is 20.0 Å². The van der Waals surface area contributed by atoms with Crippen LogP contribution in [0.3, 0.4) is 0 Å². The zero-order valence-electron chi connectivity index (χ0n) is 15.4. The van der Waals surface area contributed by atoms with Crippen LogP contribution in [-0.4, -0.2) is 72.2 Å². The van der Waals surface area contributed by atoms with E-state index >= 15 is 0 Å². The smallest absolute Gasteiger partial charge is 0.227 e. The molecule has 0 bridgehead atoms. The van der Waals surface area contributed by atoms with E-state index in [1.807, 2.05) is 11.9 Å². The number of aryl methyl sites for hydroxylation is 2. The van der Waals surface area contributed by atoms with E-state index in [0.29, 0.717) is 11.9 Å². The minimum atomic E-state index is 0.168. The second kappa shape index (κ2) is 6.90. The summed E-state index contributed by atoms with van der Waals surface area (Å²) in [5, 5.41) is 8.85. The van der Waals surface area contributed by atoms with E-state index in [9.17, 15) is 4.79 Å². The molecule has 1 amide bonds. The van der Waals surface area contributed by atoms with E-state index in [-0.39, 0.29) is 5.92 Å². The van der Waals surface area contributed by atoms with Crippen molar-refractivity contribution >= 4 is 11.7 Å². The van der Waals surface area contributed by atoms with E-state index < -0.39 is 0 Å². The number of aromatic nitrogens is 2. The Morgan fingerprint density at radius 2 is 1.96 bits per heavy atom. The van der Waals surface area contributed by atoms with Crippen LogP contribution in [0.2, 0.25) is 0 Å². The molecule has 0 aromatic carbocycles. The number of piperidine rings is 1. The molecular weight excluding hydrogens is 314 g/mol. The first-order valence-electron chi connectivity index (χ1n) is 9.67. The fraction of sp³-hybridized carbons (Fsp3) is 0.737. The molecule has 3 heterocycles. The first-order valence-corrected chi connectivity index (χ1v) is 9.67. The highest BCUT2D eigenvalue weighted by molar-refractivity contribution is 5.79. The number of fused-ring (bicyclic) bond motifs is 1. The minimum Gasteiger partial charge on any atom is -0.351 e. The summed E-state index contributed by atoms with van der Waals surface area (Å²) < 4.78 is 0. The Labute approximate surface area is 150 Å². The summed E-state index contributed by atoms with van der Waals surface area (Å²) >= 11 is 0. The number of carbonyl (C=O) groups is 1. The lowest BCUT2D eigenvalue weighted by atomic mass is 9.95. The van der Waals surface area contributed by atoms with Gasteiger partial charge < -0.3 is 14.7 Å². The van der Waals surface area contributed by atoms with Crippen LogP contribution in [0, 0.1) is 5.92 Å². The molecule has 4 rings (SSSR count). The molecule has 0 spiro atoms. The maximum absolute atomic E-state index is 12.8. The molecular formula is C19H29N5O. The van der Waals surface area contributed by atoms with Crippen molar-refractivity contribution in [3.05, 3.63) is 17.3 Å². The molecule has 25 heavy (non-hydrogen) atoms. The van der Waals surface area contributed by atoms with Gasteiger partial charge in [-0.2, -0.15) is 5.10 Å². The fourth-order valence-electron chi connectivity index (χ4n) is 4.36. The SMILES string of the molecule is CN1CCCC(C(=O)N(C)C2CN(c3cc4c(nn3)CCCC4)C2)C1. The number of amides is 1. The highest BCUT2D eigenvalue weighted by atomic mass is 16.2. The summed E-state index contributed by atoms with van der Waals surface area (Å²) in [6, 6.07) is 2.52. The summed E-state index contributed by atoms with van der Waals surface area (Å²) in [6.07, 6.45) is 6.84. The number of rotatable bonds is 3. The number of likely N-dealkylation sites (N-methyl/N-ethyl adjacent to an activating group) is 1. The second-order valence-corrected chi connectivity index (χ2v) is 7.99. The Morgan fingerprint density at radius 3 is 2.76 bits per heavy atom. The summed E-state index contributed by atoms with van der Waals surface area (Å²) in [5.41, 5.74) is 2.55. The maximum Gasteiger partial charge on any atom is 0.227 e. The normalized spacial score (nSPS) is 24.6. The van der Waals surface area contributed by atoms with E-state index in [1.165, 1.54) is 24.1 Å². The molecule has 1 aromatic heterocycles. The molecule has 6 nitrogen and oxygen atoms in total. The quantitative estimate of drug-likeness (QED) is 0.829. The first kappa shape index (κ1) is 16.8. The molecule has 2 aliphatic heterocycles. The van der Waals surface area contributed by atoms with Crippen molar-refractivity contribution in [3.63, 3.8) is 0 Å². The van der Waals surface area contributed by atoms with Crippen LogP contribution in [0.5, 0.6) is 0 Å². The average molecular weight is 343 g/mol. The largest absolute Gasteiger partial charge is 0.351 e. The number of anilines is 1. The number of hydrogen-bond donors (Lipinski definition) is 0. The van der Waals surface area contributed by atoms with Crippen LogP contribution in [0.1, 0.15) is 36.9 Å². The predicted molar refractivity (Wildman–Crippen MR) is 97.7 cm³/mol. The average Bonchev–Trinajstić information content (AvgIpc) is 2.59. The topological polar surface area (TPSA) is 52.6 Å².